The topological polar surface area (TPSA) is 70.6 Å². The minimum absolute atomic E-state index is 0.221. The van der Waals surface area contributed by atoms with Crippen molar-refractivity contribution in [1.29, 1.82) is 10.5 Å². The Balaban J connectivity index is 1.19. The van der Waals surface area contributed by atoms with E-state index < -0.39 is 0 Å². The van der Waals surface area contributed by atoms with Gasteiger partial charge in [-0.05, 0) is 76.3 Å². The molecule has 0 saturated heterocycles. The van der Waals surface area contributed by atoms with E-state index in [0.717, 1.165) is 104 Å². The van der Waals surface area contributed by atoms with Gasteiger partial charge in [-0.15, -0.1) is 22.7 Å². The lowest BCUT2D eigenvalue weighted by atomic mass is 9.80. The number of nitriles is 2. The molecule has 0 aliphatic carbocycles. The minimum Gasteiger partial charge on any atom is -0.453 e. The highest BCUT2D eigenvalue weighted by atomic mass is 32.1. The van der Waals surface area contributed by atoms with Crippen molar-refractivity contribution in [2.45, 2.75) is 0 Å². The molecule has 0 aliphatic rings. The molecule has 0 spiro atoms. The van der Waals surface area contributed by atoms with Gasteiger partial charge in [-0.3, -0.25) is 0 Å². The van der Waals surface area contributed by atoms with Gasteiger partial charge in [-0.2, -0.15) is 10.5 Å². The molecule has 5 nitrogen and oxygen atoms in total. The lowest BCUT2D eigenvalue weighted by Crippen LogP contribution is -2.07. The van der Waals surface area contributed by atoms with E-state index in [1.807, 2.05) is 0 Å². The van der Waals surface area contributed by atoms with Crippen LogP contribution in [0.4, 0.5) is 0 Å². The van der Waals surface area contributed by atoms with Gasteiger partial charge < -0.3 is 13.6 Å². The molecular weight excluding hydrogens is 1020 g/mol. The maximum absolute atomic E-state index is 12.4. The lowest BCUT2D eigenvalue weighted by Gasteiger charge is -2.22. The van der Waals surface area contributed by atoms with E-state index in [0.29, 0.717) is 22.5 Å². The van der Waals surface area contributed by atoms with Crippen LogP contribution in [0.1, 0.15) is 11.1 Å². The Kier molecular flexibility index (Phi) is 9.82. The molecule has 0 fully saturated rings. The van der Waals surface area contributed by atoms with Crippen LogP contribution < -0.4 is 0 Å². The summed E-state index contributed by atoms with van der Waals surface area (Å²) in [7, 11) is 0. The van der Waals surface area contributed by atoms with Crippen LogP contribution in [0, 0.1) is 22.7 Å². The zero-order valence-electron chi connectivity index (χ0n) is 43.1. The first-order chi connectivity index (χ1) is 40.2. The van der Waals surface area contributed by atoms with Crippen molar-refractivity contribution in [2.75, 3.05) is 0 Å². The molecule has 5 aromatic heterocycles. The number of hydrogen-bond donors (Lipinski definition) is 0. The quantitative estimate of drug-likeness (QED) is 0.167. The van der Waals surface area contributed by atoms with Crippen LogP contribution in [0.15, 0.2) is 247 Å². The predicted octanol–water partition coefficient (Wildman–Crippen LogP) is 20.9. The highest BCUT2D eigenvalue weighted by Gasteiger charge is 2.35. The zero-order chi connectivity index (χ0) is 53.4. The number of benzene rings is 12. The first-order valence-electron chi connectivity index (χ1n) is 27.0. The van der Waals surface area contributed by atoms with Crippen molar-refractivity contribution in [2.24, 2.45) is 0 Å². The molecule has 0 bridgehead atoms. The summed E-state index contributed by atoms with van der Waals surface area (Å²) in [5.74, 6) is 0. The monoisotopic (exact) mass is 1060 g/mol. The summed E-state index contributed by atoms with van der Waals surface area (Å²) < 4.78 is 17.3. The van der Waals surface area contributed by atoms with Crippen LogP contribution in [0.2, 0.25) is 0 Å². The van der Waals surface area contributed by atoms with Crippen molar-refractivity contribution in [1.82, 2.24) is 9.13 Å². The second kappa shape index (κ2) is 17.5. The van der Waals surface area contributed by atoms with Gasteiger partial charge in [0.25, 0.3) is 0 Å². The van der Waals surface area contributed by atoms with Crippen molar-refractivity contribution in [3.05, 3.63) is 254 Å². The molecule has 0 N–H and O–H groups in total. The first kappa shape index (κ1) is 45.5. The summed E-state index contributed by atoms with van der Waals surface area (Å²) in [4.78, 5) is 0. The predicted molar refractivity (Wildman–Crippen MR) is 339 cm³/mol. The lowest BCUT2D eigenvalue weighted by molar-refractivity contribution is 0.667. The average molecular weight is 1070 g/mol. The summed E-state index contributed by atoms with van der Waals surface area (Å²) in [5.41, 5.74) is 14.3. The molecule has 17 aromatic rings. The summed E-state index contributed by atoms with van der Waals surface area (Å²) in [5, 5.41) is 35.2. The zero-order valence-corrected chi connectivity index (χ0v) is 44.7. The molecule has 17 rings (SSSR count). The van der Waals surface area contributed by atoms with Gasteiger partial charge >= 0.3 is 0 Å². The van der Waals surface area contributed by atoms with Crippen molar-refractivity contribution in [3.8, 4) is 68.0 Å². The van der Waals surface area contributed by atoms with Crippen LogP contribution in [-0.2, 0) is 0 Å². The van der Waals surface area contributed by atoms with E-state index in [-0.39, 0.29) is 11.1 Å². The van der Waals surface area contributed by atoms with Crippen LogP contribution in [0.5, 0.6) is 0 Å². The first-order valence-corrected chi connectivity index (χ1v) is 28.7. The van der Waals surface area contributed by atoms with E-state index in [1.165, 1.54) is 35.0 Å². The number of aromatic nitrogens is 2. The Hall–Kier alpha value is -10.5. The number of nitrogens with zero attached hydrogens (tertiary/aromatic N) is 4. The second-order valence-corrected chi connectivity index (χ2v) is 22.9. The van der Waals surface area contributed by atoms with E-state index in [4.69, 9.17) is 4.42 Å². The second-order valence-electron chi connectivity index (χ2n) is 20.7. The maximum Gasteiger partial charge on any atom is 0.163 e. The van der Waals surface area contributed by atoms with Gasteiger partial charge in [0.1, 0.15) is 23.4 Å². The summed E-state index contributed by atoms with van der Waals surface area (Å²) in [6.45, 7) is 0. The van der Waals surface area contributed by atoms with Gasteiger partial charge in [-0.1, -0.05) is 194 Å². The van der Waals surface area contributed by atoms with Crippen molar-refractivity contribution in [3.63, 3.8) is 0 Å². The van der Waals surface area contributed by atoms with Crippen LogP contribution in [0.25, 0.3) is 162 Å². The number of hydrogen-bond acceptors (Lipinski definition) is 5. The molecule has 12 aromatic carbocycles. The highest BCUT2D eigenvalue weighted by Crippen LogP contribution is 2.57. The number of rotatable bonds is 6. The fourth-order valence-electron chi connectivity index (χ4n) is 13.4. The fraction of sp³-hybridized carbons (Fsp3) is 0. The van der Waals surface area contributed by atoms with Gasteiger partial charge in [0.15, 0.2) is 5.58 Å². The number of thiophene rings is 2. The van der Waals surface area contributed by atoms with Gasteiger partial charge in [-0.25, -0.2) is 0 Å². The third-order valence-electron chi connectivity index (χ3n) is 16.6. The molecule has 0 aliphatic heterocycles. The normalized spacial score (nSPS) is 11.9. The van der Waals surface area contributed by atoms with E-state index in [9.17, 15) is 10.5 Å². The summed E-state index contributed by atoms with van der Waals surface area (Å²) >= 11 is 3.58. The number of furan rings is 1. The Morgan fingerprint density at radius 1 is 0.284 bits per heavy atom. The third-order valence-corrected chi connectivity index (χ3v) is 18.9. The standard InChI is InChI=1S/C74H40N4OS2/c75-41-51-52(42-76)72(78-54-34-18-14-30-48(54)66-56(78)38-40-60-68(66)50-32-16-20-36-58(50)81-60)74-70(71(51)77-53-33-17-13-29-47(53)65-55(77)37-39-59-67(65)49-31-15-19-35-57(49)80-59)69-63(45-25-9-3-10-26-45)61(43-21-5-1-6-22-43)62(44-23-7-2-8-24-44)64(73(69)79-74)46-27-11-4-12-28-46/h1-40H. The Bertz CT molecular complexity index is 5590. The molecule has 374 valence electrons. The fourth-order valence-corrected chi connectivity index (χ4v) is 15.7. The maximum atomic E-state index is 12.4. The van der Waals surface area contributed by atoms with E-state index in [1.54, 1.807) is 22.7 Å². The summed E-state index contributed by atoms with van der Waals surface area (Å²) in [6.07, 6.45) is 0. The smallest absolute Gasteiger partial charge is 0.163 e. The number of fused-ring (bicyclic) bond motifs is 17. The number of para-hydroxylation sites is 2. The van der Waals surface area contributed by atoms with E-state index in [2.05, 4.69) is 264 Å². The van der Waals surface area contributed by atoms with Crippen LogP contribution in [-0.4, -0.2) is 9.13 Å². The van der Waals surface area contributed by atoms with Crippen LogP contribution >= 0.6 is 22.7 Å². The molecule has 5 heterocycles. The Morgan fingerprint density at radius 2 is 0.667 bits per heavy atom. The Morgan fingerprint density at radius 3 is 1.15 bits per heavy atom. The largest absolute Gasteiger partial charge is 0.453 e. The molecule has 0 atom stereocenters. The SMILES string of the molecule is N#Cc1c(C#N)c(-n2c3ccccc3c3c4c(ccc32)sc2ccccc24)c2c(oc3c(-c4ccccc4)c(-c4ccccc4)c(-c4ccccc4)c(-c4ccccc4)c32)c1-n1c2ccccc2c2c3c(ccc21)sc1ccccc13. The highest BCUT2D eigenvalue weighted by molar-refractivity contribution is 7.26. The minimum atomic E-state index is 0.221. The molecule has 7 heteroatoms. The molecular formula is C74H40N4OS2. The molecule has 0 amide bonds. The Labute approximate surface area is 471 Å². The van der Waals surface area contributed by atoms with E-state index >= 15 is 0 Å². The third kappa shape index (κ3) is 6.33. The van der Waals surface area contributed by atoms with Crippen molar-refractivity contribution < 1.29 is 4.42 Å². The van der Waals surface area contributed by atoms with Gasteiger partial charge in [0.2, 0.25) is 0 Å². The van der Waals surface area contributed by atoms with Crippen LogP contribution in [0.3, 0.4) is 0 Å². The molecule has 0 saturated carbocycles. The van der Waals surface area contributed by atoms with Gasteiger partial charge in [0, 0.05) is 84.0 Å². The van der Waals surface area contributed by atoms with Gasteiger partial charge in [0.05, 0.1) is 44.3 Å². The summed E-state index contributed by atoms with van der Waals surface area (Å²) in [6, 6.07) is 91.2. The molecule has 0 unspecified atom stereocenters. The molecule has 81 heavy (non-hydrogen) atoms. The van der Waals surface area contributed by atoms with Crippen molar-refractivity contribution >= 4 is 129 Å². The molecule has 0 radical (unpaired) electrons. The average Bonchev–Trinajstić information content (AvgIpc) is 3.28.